The Morgan fingerprint density at radius 2 is 0.381 bits per heavy atom. The fourth-order valence-electron chi connectivity index (χ4n) is 11.2. The van der Waals surface area contributed by atoms with E-state index in [4.69, 9.17) is 56.8 Å². The molecule has 0 aromatic heterocycles. The van der Waals surface area contributed by atoms with Gasteiger partial charge >= 0.3 is 71.6 Å². The highest BCUT2D eigenvalue weighted by atomic mass is 16.6. The molecule has 24 heteroatoms. The maximum Gasteiger partial charge on any atom is 0.339 e. The highest BCUT2D eigenvalue weighted by Gasteiger charge is 2.41. The predicted octanol–water partition coefficient (Wildman–Crippen LogP) is 16.2. The Kier molecular flexibility index (Phi) is 37.1. The molecule has 0 amide bonds. The average Bonchev–Trinajstić information content (AvgIpc) is 0.796. The summed E-state index contributed by atoms with van der Waals surface area (Å²) in [5.41, 5.74) is -6.62. The van der Waals surface area contributed by atoms with E-state index in [9.17, 15) is 38.4 Å². The van der Waals surface area contributed by atoms with Gasteiger partial charge in [0, 0.05) is 0 Å². The standard InChI is InChI=1S/C81H108O24/c1-17-25-49(9)98-69(82)57-33-37-61(65(41-57)77(90)102-53(13)29-21-5)73(86)94-45-81(46-95-74(87)62-38-34-58(70(83)99-50(10)26-18-2)42-66(62)78(91)103-54(14)30-22-6,47-96-75(88)63-39-35-59(71(84)100-51(11)27-19-3)43-67(63)79(92)104-55(15)31-23-7)48-97-76(89)64-40-36-60(72(85)101-52(12)28-20-4)44-68(64)80(93)105-56(16)32-24-8/h33-44,49-56H,17-32,45-48H2,1-16H3. The van der Waals surface area contributed by atoms with Gasteiger partial charge in [-0.05, 0) is 180 Å². The molecule has 0 spiro atoms. The molecule has 0 heterocycles. The normalized spacial score (nSPS) is 13.9. The van der Waals surface area contributed by atoms with Gasteiger partial charge in [-0.25, -0.2) is 57.5 Å². The predicted molar refractivity (Wildman–Crippen MR) is 388 cm³/mol. The lowest BCUT2D eigenvalue weighted by molar-refractivity contribution is -0.0646. The SMILES string of the molecule is CCCC(C)OC(=O)c1ccc(C(=O)OCC(COC(=O)c2ccc(C(=O)OC(C)CCC)cc2C(=O)OC(C)CCC)(COC(=O)c2ccc(C(=O)OC(C)CCC)cc2C(=O)OC(C)CCC)COC(=O)c2ccc(C(=O)OC(C)CCC)cc2C(=O)OC(C)CCC)c(C(=O)OC(C)CCC)c1. The highest BCUT2D eigenvalue weighted by Crippen LogP contribution is 2.30. The van der Waals surface area contributed by atoms with Crippen LogP contribution in [0.25, 0.3) is 0 Å². The van der Waals surface area contributed by atoms with Crippen LogP contribution in [0.4, 0.5) is 0 Å². The van der Waals surface area contributed by atoms with E-state index in [1.807, 2.05) is 55.4 Å². The smallest absolute Gasteiger partial charge is 0.339 e. The van der Waals surface area contributed by atoms with Gasteiger partial charge < -0.3 is 56.8 Å². The summed E-state index contributed by atoms with van der Waals surface area (Å²) in [6, 6.07) is 13.8. The van der Waals surface area contributed by atoms with E-state index in [-0.39, 0.29) is 22.3 Å². The Bertz CT molecular complexity index is 3160. The van der Waals surface area contributed by atoms with Crippen LogP contribution in [0.5, 0.6) is 0 Å². The monoisotopic (exact) mass is 1460 g/mol. The van der Waals surface area contributed by atoms with Crippen LogP contribution in [-0.4, -0.2) is 147 Å². The van der Waals surface area contributed by atoms with Crippen molar-refractivity contribution in [2.45, 2.75) is 262 Å². The molecule has 0 fully saturated rings. The summed E-state index contributed by atoms with van der Waals surface area (Å²) in [6.45, 7) is 24.0. The maximum atomic E-state index is 15.0. The van der Waals surface area contributed by atoms with Crippen molar-refractivity contribution < 1.29 is 114 Å². The summed E-state index contributed by atoms with van der Waals surface area (Å²) in [5.74, 6) is -12.7. The zero-order chi connectivity index (χ0) is 78.1. The van der Waals surface area contributed by atoms with E-state index in [0.29, 0.717) is 103 Å². The van der Waals surface area contributed by atoms with Crippen LogP contribution >= 0.6 is 0 Å². The molecule has 0 bridgehead atoms. The Balaban J connectivity index is 2.11. The van der Waals surface area contributed by atoms with Crippen LogP contribution in [0.1, 0.15) is 338 Å². The third-order valence-corrected chi connectivity index (χ3v) is 16.8. The fourth-order valence-corrected chi connectivity index (χ4v) is 11.2. The third kappa shape index (κ3) is 27.8. The Labute approximate surface area is 617 Å². The van der Waals surface area contributed by atoms with Crippen LogP contribution in [0.2, 0.25) is 0 Å². The Morgan fingerprint density at radius 3 is 0.533 bits per heavy atom. The van der Waals surface area contributed by atoms with Crippen LogP contribution < -0.4 is 0 Å². The van der Waals surface area contributed by atoms with Crippen molar-refractivity contribution >= 4 is 71.6 Å². The molecule has 8 unspecified atom stereocenters. The van der Waals surface area contributed by atoms with Crippen molar-refractivity contribution in [2.75, 3.05) is 26.4 Å². The summed E-state index contributed by atoms with van der Waals surface area (Å²) in [4.78, 5) is 172. The van der Waals surface area contributed by atoms with Crippen LogP contribution in [-0.2, 0) is 56.8 Å². The fraction of sp³-hybridized carbons (Fsp3) is 0.556. The molecular formula is C81H108O24. The number of esters is 12. The van der Waals surface area contributed by atoms with Crippen LogP contribution in [0.15, 0.2) is 72.8 Å². The second-order valence-corrected chi connectivity index (χ2v) is 26.9. The number of ether oxygens (including phenoxy) is 12. The topological polar surface area (TPSA) is 316 Å². The summed E-state index contributed by atoms with van der Waals surface area (Å²) in [7, 11) is 0. The number of carbonyl (C=O) groups is 12. The maximum absolute atomic E-state index is 15.0. The molecular weight excluding hydrogens is 1360 g/mol. The molecule has 0 saturated carbocycles. The highest BCUT2D eigenvalue weighted by molar-refractivity contribution is 6.08. The first kappa shape index (κ1) is 87.9. The van der Waals surface area contributed by atoms with Gasteiger partial charge in [0.1, 0.15) is 31.8 Å². The quantitative estimate of drug-likeness (QED) is 0.0293. The van der Waals surface area contributed by atoms with E-state index >= 15 is 19.2 Å². The van der Waals surface area contributed by atoms with Crippen molar-refractivity contribution in [2.24, 2.45) is 5.41 Å². The van der Waals surface area contributed by atoms with Gasteiger partial charge in [0.15, 0.2) is 0 Å². The Hall–Kier alpha value is -9.48. The van der Waals surface area contributed by atoms with Crippen molar-refractivity contribution in [1.29, 1.82) is 0 Å². The summed E-state index contributed by atoms with van der Waals surface area (Å²) >= 11 is 0. The first-order valence-electron chi connectivity index (χ1n) is 36.8. The molecule has 576 valence electrons. The minimum absolute atomic E-state index is 0.137. The average molecular weight is 1470 g/mol. The Morgan fingerprint density at radius 1 is 0.229 bits per heavy atom. The van der Waals surface area contributed by atoms with E-state index in [1.165, 1.54) is 24.3 Å². The molecule has 105 heavy (non-hydrogen) atoms. The zero-order valence-corrected chi connectivity index (χ0v) is 64.0. The van der Waals surface area contributed by atoms with Crippen molar-refractivity contribution in [1.82, 2.24) is 0 Å². The zero-order valence-electron chi connectivity index (χ0n) is 64.0. The van der Waals surface area contributed by atoms with Gasteiger partial charge in [0.05, 0.1) is 116 Å². The largest absolute Gasteiger partial charge is 0.461 e. The molecule has 24 nitrogen and oxygen atoms in total. The second-order valence-electron chi connectivity index (χ2n) is 26.9. The van der Waals surface area contributed by atoms with E-state index in [1.54, 1.807) is 55.4 Å². The molecule has 0 radical (unpaired) electrons. The summed E-state index contributed by atoms with van der Waals surface area (Å²) in [6.07, 6.45) is 3.84. The summed E-state index contributed by atoms with van der Waals surface area (Å²) < 4.78 is 70.0. The lowest BCUT2D eigenvalue weighted by Crippen LogP contribution is -2.44. The van der Waals surface area contributed by atoms with E-state index in [2.05, 4.69) is 0 Å². The number of carbonyl (C=O) groups excluding carboxylic acids is 12. The van der Waals surface area contributed by atoms with Crippen LogP contribution in [0, 0.1) is 5.41 Å². The number of hydrogen-bond acceptors (Lipinski definition) is 24. The van der Waals surface area contributed by atoms with Crippen molar-refractivity contribution in [3.05, 3.63) is 140 Å². The lowest BCUT2D eigenvalue weighted by atomic mass is 9.91. The molecule has 4 rings (SSSR count). The van der Waals surface area contributed by atoms with Gasteiger partial charge in [0.25, 0.3) is 0 Å². The molecule has 4 aromatic rings. The number of hydrogen-bond donors (Lipinski definition) is 0. The van der Waals surface area contributed by atoms with E-state index in [0.717, 1.165) is 48.5 Å². The second kappa shape index (κ2) is 44.4. The van der Waals surface area contributed by atoms with E-state index < -0.39 is 197 Å². The molecule has 0 N–H and O–H groups in total. The molecule has 0 aliphatic carbocycles. The third-order valence-electron chi connectivity index (χ3n) is 16.8. The van der Waals surface area contributed by atoms with Gasteiger partial charge in [-0.1, -0.05) is 107 Å². The van der Waals surface area contributed by atoms with Crippen molar-refractivity contribution in [3.63, 3.8) is 0 Å². The van der Waals surface area contributed by atoms with Gasteiger partial charge in [-0.15, -0.1) is 0 Å². The summed E-state index contributed by atoms with van der Waals surface area (Å²) in [5, 5.41) is 0. The molecule has 8 atom stereocenters. The first-order chi connectivity index (χ1) is 49.9. The lowest BCUT2D eigenvalue weighted by Gasteiger charge is -2.32. The minimum Gasteiger partial charge on any atom is -0.461 e. The van der Waals surface area contributed by atoms with Gasteiger partial charge in [-0.3, -0.25) is 0 Å². The molecule has 4 aromatic carbocycles. The number of benzene rings is 4. The number of rotatable bonds is 44. The molecule has 0 aliphatic rings. The molecule has 0 saturated heterocycles. The minimum atomic E-state index is -2.37. The van der Waals surface area contributed by atoms with Crippen LogP contribution in [0.3, 0.4) is 0 Å². The van der Waals surface area contributed by atoms with Gasteiger partial charge in [-0.2, -0.15) is 0 Å². The first-order valence-corrected chi connectivity index (χ1v) is 36.8. The van der Waals surface area contributed by atoms with Crippen molar-refractivity contribution in [3.8, 4) is 0 Å². The van der Waals surface area contributed by atoms with Gasteiger partial charge in [0.2, 0.25) is 0 Å². The molecule has 0 aliphatic heterocycles.